The van der Waals surface area contributed by atoms with Gasteiger partial charge in [0.15, 0.2) is 0 Å². The highest BCUT2D eigenvalue weighted by atomic mass is 79.9. The largest absolute Gasteiger partial charge is 0.324 e. The zero-order valence-electron chi connectivity index (χ0n) is 10.4. The molecule has 0 spiro atoms. The zero-order chi connectivity index (χ0) is 12.7. The van der Waals surface area contributed by atoms with Crippen LogP contribution in [0.4, 0.5) is 4.39 Å². The summed E-state index contributed by atoms with van der Waals surface area (Å²) in [5.74, 6) is -0.152. The average molecular weight is 300 g/mol. The Morgan fingerprint density at radius 1 is 1.35 bits per heavy atom. The minimum Gasteiger partial charge on any atom is -0.324 e. The molecule has 1 fully saturated rings. The van der Waals surface area contributed by atoms with E-state index in [-0.39, 0.29) is 16.8 Å². The second kappa shape index (κ2) is 4.36. The third kappa shape index (κ3) is 2.41. The lowest BCUT2D eigenvalue weighted by Gasteiger charge is -2.38. The van der Waals surface area contributed by atoms with Crippen molar-refractivity contribution in [1.82, 2.24) is 0 Å². The normalized spacial score (nSPS) is 27.4. The van der Waals surface area contributed by atoms with Gasteiger partial charge < -0.3 is 5.73 Å². The highest BCUT2D eigenvalue weighted by molar-refractivity contribution is 9.10. The average Bonchev–Trinajstić information content (AvgIpc) is 2.47. The number of hydrogen-bond acceptors (Lipinski definition) is 1. The number of rotatable bonds is 2. The van der Waals surface area contributed by atoms with Crippen LogP contribution in [0, 0.1) is 11.2 Å². The molecule has 1 unspecified atom stereocenters. The van der Waals surface area contributed by atoms with Gasteiger partial charge in [-0.05, 0) is 48.4 Å². The number of halogens is 2. The molecule has 1 aliphatic carbocycles. The second-order valence-corrected chi connectivity index (χ2v) is 6.72. The van der Waals surface area contributed by atoms with Crippen LogP contribution in [0.1, 0.15) is 38.7 Å². The predicted molar refractivity (Wildman–Crippen MR) is 72.4 cm³/mol. The van der Waals surface area contributed by atoms with Crippen LogP contribution >= 0.6 is 15.9 Å². The molecule has 2 rings (SSSR count). The van der Waals surface area contributed by atoms with Gasteiger partial charge >= 0.3 is 0 Å². The maximum Gasteiger partial charge on any atom is 0.126 e. The maximum absolute atomic E-state index is 13.8. The number of nitrogens with two attached hydrogens (primary N) is 1. The monoisotopic (exact) mass is 299 g/mol. The number of benzene rings is 1. The van der Waals surface area contributed by atoms with Crippen LogP contribution in [0.25, 0.3) is 0 Å². The topological polar surface area (TPSA) is 26.0 Å². The molecule has 1 aromatic carbocycles. The lowest BCUT2D eigenvalue weighted by molar-refractivity contribution is 0.205. The van der Waals surface area contributed by atoms with E-state index in [0.29, 0.717) is 6.42 Å². The van der Waals surface area contributed by atoms with Gasteiger partial charge in [0.25, 0.3) is 0 Å². The summed E-state index contributed by atoms with van der Waals surface area (Å²) in [6.45, 7) is 4.38. The molecule has 3 heteroatoms. The molecule has 17 heavy (non-hydrogen) atoms. The van der Waals surface area contributed by atoms with E-state index in [9.17, 15) is 4.39 Å². The summed E-state index contributed by atoms with van der Waals surface area (Å²) in [4.78, 5) is 0. The standard InChI is InChI=1S/C14H19BrFN/c1-13(2)6-3-7-14(13,17)9-10-8-11(15)4-5-12(10)16/h4-5,8H,3,6-7,9,17H2,1-2H3. The fourth-order valence-corrected chi connectivity index (χ4v) is 3.19. The summed E-state index contributed by atoms with van der Waals surface area (Å²) < 4.78 is 14.7. The molecule has 1 nitrogen and oxygen atoms in total. The summed E-state index contributed by atoms with van der Waals surface area (Å²) >= 11 is 3.38. The smallest absolute Gasteiger partial charge is 0.126 e. The van der Waals surface area contributed by atoms with E-state index >= 15 is 0 Å². The fourth-order valence-electron chi connectivity index (χ4n) is 2.78. The minimum atomic E-state index is -0.283. The van der Waals surface area contributed by atoms with E-state index in [2.05, 4.69) is 29.8 Å². The van der Waals surface area contributed by atoms with Crippen LogP contribution < -0.4 is 5.73 Å². The van der Waals surface area contributed by atoms with Crippen molar-refractivity contribution in [3.05, 3.63) is 34.1 Å². The Morgan fingerprint density at radius 3 is 2.65 bits per heavy atom. The van der Waals surface area contributed by atoms with Gasteiger partial charge in [0.2, 0.25) is 0 Å². The van der Waals surface area contributed by atoms with Crippen molar-refractivity contribution in [3.63, 3.8) is 0 Å². The molecule has 1 atom stereocenters. The highest BCUT2D eigenvalue weighted by Gasteiger charge is 2.45. The first-order valence-corrected chi connectivity index (χ1v) is 6.86. The molecule has 0 bridgehead atoms. The van der Waals surface area contributed by atoms with E-state index in [1.807, 2.05) is 6.07 Å². The summed E-state index contributed by atoms with van der Waals surface area (Å²) in [7, 11) is 0. The van der Waals surface area contributed by atoms with Crippen molar-refractivity contribution >= 4 is 15.9 Å². The molecule has 0 heterocycles. The molecule has 0 aliphatic heterocycles. The van der Waals surface area contributed by atoms with Crippen LogP contribution in [0.15, 0.2) is 22.7 Å². The van der Waals surface area contributed by atoms with Crippen molar-refractivity contribution in [1.29, 1.82) is 0 Å². The lowest BCUT2D eigenvalue weighted by atomic mass is 9.72. The number of hydrogen-bond donors (Lipinski definition) is 1. The lowest BCUT2D eigenvalue weighted by Crippen LogP contribution is -2.50. The van der Waals surface area contributed by atoms with Gasteiger partial charge in [-0.3, -0.25) is 0 Å². The van der Waals surface area contributed by atoms with Gasteiger partial charge in [0.1, 0.15) is 5.82 Å². The fraction of sp³-hybridized carbons (Fsp3) is 0.571. The quantitative estimate of drug-likeness (QED) is 0.876. The molecule has 0 amide bonds. The van der Waals surface area contributed by atoms with Gasteiger partial charge in [0, 0.05) is 10.0 Å². The first-order valence-electron chi connectivity index (χ1n) is 6.07. The SMILES string of the molecule is CC1(C)CCCC1(N)Cc1cc(Br)ccc1F. The first kappa shape index (κ1) is 13.0. The molecule has 0 aromatic heterocycles. The Labute approximate surface area is 111 Å². The maximum atomic E-state index is 13.8. The van der Waals surface area contributed by atoms with Crippen molar-refractivity contribution < 1.29 is 4.39 Å². The molecule has 1 saturated carbocycles. The van der Waals surface area contributed by atoms with Gasteiger partial charge in [0.05, 0.1) is 0 Å². The van der Waals surface area contributed by atoms with E-state index in [0.717, 1.165) is 29.3 Å². The molecule has 2 N–H and O–H groups in total. The zero-order valence-corrected chi connectivity index (χ0v) is 12.0. The van der Waals surface area contributed by atoms with Gasteiger partial charge in [-0.1, -0.05) is 36.2 Å². The molecule has 0 radical (unpaired) electrons. The Kier molecular flexibility index (Phi) is 3.34. The molecule has 1 aromatic rings. The third-order valence-electron chi connectivity index (χ3n) is 4.29. The Balaban J connectivity index is 2.29. The highest BCUT2D eigenvalue weighted by Crippen LogP contribution is 2.46. The molecular formula is C14H19BrFN. The van der Waals surface area contributed by atoms with Gasteiger partial charge in [-0.25, -0.2) is 4.39 Å². The van der Waals surface area contributed by atoms with Crippen molar-refractivity contribution in [2.75, 3.05) is 0 Å². The summed E-state index contributed by atoms with van der Waals surface area (Å²) in [5.41, 5.74) is 7.03. The van der Waals surface area contributed by atoms with Crippen molar-refractivity contribution in [2.24, 2.45) is 11.1 Å². The first-order chi connectivity index (χ1) is 7.84. The summed E-state index contributed by atoms with van der Waals surface area (Å²) in [6, 6.07) is 5.07. The molecule has 0 saturated heterocycles. The Bertz CT molecular complexity index is 430. The van der Waals surface area contributed by atoms with Crippen LogP contribution in [0.5, 0.6) is 0 Å². The van der Waals surface area contributed by atoms with Crippen LogP contribution in [-0.4, -0.2) is 5.54 Å². The minimum absolute atomic E-state index is 0.0851. The second-order valence-electron chi connectivity index (χ2n) is 5.81. The van der Waals surface area contributed by atoms with Crippen molar-refractivity contribution in [3.8, 4) is 0 Å². The molecular weight excluding hydrogens is 281 g/mol. The molecule has 94 valence electrons. The van der Waals surface area contributed by atoms with E-state index < -0.39 is 0 Å². The summed E-state index contributed by atoms with van der Waals surface area (Å²) in [6.07, 6.45) is 3.86. The third-order valence-corrected chi connectivity index (χ3v) is 4.78. The van der Waals surface area contributed by atoms with Gasteiger partial charge in [-0.15, -0.1) is 0 Å². The van der Waals surface area contributed by atoms with Crippen LogP contribution in [0.3, 0.4) is 0 Å². The van der Waals surface area contributed by atoms with E-state index in [1.165, 1.54) is 6.07 Å². The summed E-state index contributed by atoms with van der Waals surface area (Å²) in [5, 5.41) is 0. The molecule has 1 aliphatic rings. The predicted octanol–water partition coefficient (Wildman–Crippen LogP) is 4.04. The van der Waals surface area contributed by atoms with Crippen LogP contribution in [-0.2, 0) is 6.42 Å². The van der Waals surface area contributed by atoms with Gasteiger partial charge in [-0.2, -0.15) is 0 Å². The Hall–Kier alpha value is -0.410. The van der Waals surface area contributed by atoms with Crippen molar-refractivity contribution in [2.45, 2.75) is 45.1 Å². The van der Waals surface area contributed by atoms with E-state index in [1.54, 1.807) is 6.07 Å². The van der Waals surface area contributed by atoms with Crippen LogP contribution in [0.2, 0.25) is 0 Å². The Morgan fingerprint density at radius 2 is 2.06 bits per heavy atom. The van der Waals surface area contributed by atoms with E-state index in [4.69, 9.17) is 5.73 Å².